The van der Waals surface area contributed by atoms with E-state index in [2.05, 4.69) is 20.2 Å². The Balaban J connectivity index is 1.32. The van der Waals surface area contributed by atoms with Gasteiger partial charge in [-0.2, -0.15) is 0 Å². The zero-order chi connectivity index (χ0) is 18.7. The molecule has 1 spiro atoms. The predicted molar refractivity (Wildman–Crippen MR) is 100 cm³/mol. The van der Waals surface area contributed by atoms with Crippen molar-refractivity contribution in [2.75, 3.05) is 31.2 Å². The standard InChI is InChI=1S/C20H24N4O3/c1-15-2-4-16(5-3-15)12-23-19(25)17-13-22-18(14-21-17)24-8-6-20(7-9-24)26-10-11-27-20/h2-5,13-14H,6-12H2,1H3,(H,23,25). The van der Waals surface area contributed by atoms with Crippen molar-refractivity contribution >= 4 is 11.7 Å². The molecule has 3 heterocycles. The minimum absolute atomic E-state index is 0.222. The second-order valence-corrected chi connectivity index (χ2v) is 7.02. The molecule has 7 nitrogen and oxygen atoms in total. The van der Waals surface area contributed by atoms with E-state index in [-0.39, 0.29) is 5.91 Å². The maximum absolute atomic E-state index is 12.3. The molecule has 0 unspecified atom stereocenters. The fourth-order valence-electron chi connectivity index (χ4n) is 3.44. The monoisotopic (exact) mass is 368 g/mol. The molecule has 1 N–H and O–H groups in total. The Kier molecular flexibility index (Phi) is 5.05. The molecular formula is C20H24N4O3. The summed E-state index contributed by atoms with van der Waals surface area (Å²) in [5.74, 6) is 0.151. The number of rotatable bonds is 4. The van der Waals surface area contributed by atoms with Crippen LogP contribution in [0, 0.1) is 6.92 Å². The molecule has 27 heavy (non-hydrogen) atoms. The van der Waals surface area contributed by atoms with E-state index in [0.717, 1.165) is 37.3 Å². The number of benzene rings is 1. The van der Waals surface area contributed by atoms with Crippen LogP contribution in [0.1, 0.15) is 34.5 Å². The van der Waals surface area contributed by atoms with Gasteiger partial charge in [0.2, 0.25) is 0 Å². The van der Waals surface area contributed by atoms with Crippen molar-refractivity contribution in [1.82, 2.24) is 15.3 Å². The lowest BCUT2D eigenvalue weighted by Crippen LogP contribution is -2.45. The van der Waals surface area contributed by atoms with Crippen LogP contribution in [0.3, 0.4) is 0 Å². The van der Waals surface area contributed by atoms with Gasteiger partial charge < -0.3 is 19.7 Å². The lowest BCUT2D eigenvalue weighted by Gasteiger charge is -2.37. The lowest BCUT2D eigenvalue weighted by atomic mass is 10.0. The number of aromatic nitrogens is 2. The van der Waals surface area contributed by atoms with Gasteiger partial charge in [0.15, 0.2) is 5.79 Å². The summed E-state index contributed by atoms with van der Waals surface area (Å²) in [5, 5.41) is 2.88. The summed E-state index contributed by atoms with van der Waals surface area (Å²) < 4.78 is 11.5. The van der Waals surface area contributed by atoms with Gasteiger partial charge in [-0.15, -0.1) is 0 Å². The smallest absolute Gasteiger partial charge is 0.271 e. The summed E-state index contributed by atoms with van der Waals surface area (Å²) in [5.41, 5.74) is 2.57. The summed E-state index contributed by atoms with van der Waals surface area (Å²) in [7, 11) is 0. The van der Waals surface area contributed by atoms with Crippen molar-refractivity contribution < 1.29 is 14.3 Å². The molecule has 2 aliphatic rings. The molecule has 4 rings (SSSR count). The van der Waals surface area contributed by atoms with Crippen molar-refractivity contribution in [3.05, 3.63) is 53.5 Å². The maximum Gasteiger partial charge on any atom is 0.271 e. The summed E-state index contributed by atoms with van der Waals surface area (Å²) in [6, 6.07) is 8.07. The van der Waals surface area contributed by atoms with Crippen LogP contribution in [0.5, 0.6) is 0 Å². The van der Waals surface area contributed by atoms with Crippen molar-refractivity contribution in [1.29, 1.82) is 0 Å². The molecular weight excluding hydrogens is 344 g/mol. The molecule has 2 aliphatic heterocycles. The van der Waals surface area contributed by atoms with Crippen LogP contribution in [-0.2, 0) is 16.0 Å². The number of hydrogen-bond acceptors (Lipinski definition) is 6. The van der Waals surface area contributed by atoms with Gasteiger partial charge in [-0.1, -0.05) is 29.8 Å². The molecule has 7 heteroatoms. The molecule has 2 saturated heterocycles. The van der Waals surface area contributed by atoms with E-state index >= 15 is 0 Å². The molecule has 0 bridgehead atoms. The van der Waals surface area contributed by atoms with Crippen LogP contribution in [0.2, 0.25) is 0 Å². The Morgan fingerprint density at radius 1 is 1.11 bits per heavy atom. The van der Waals surface area contributed by atoms with E-state index in [1.54, 1.807) is 6.20 Å². The minimum Gasteiger partial charge on any atom is -0.355 e. The van der Waals surface area contributed by atoms with E-state index in [4.69, 9.17) is 9.47 Å². The highest BCUT2D eigenvalue weighted by Crippen LogP contribution is 2.32. The number of carbonyl (C=O) groups excluding carboxylic acids is 1. The van der Waals surface area contributed by atoms with E-state index in [0.29, 0.717) is 25.5 Å². The molecule has 2 aromatic rings. The minimum atomic E-state index is -0.403. The van der Waals surface area contributed by atoms with Crippen molar-refractivity contribution in [3.63, 3.8) is 0 Å². The zero-order valence-electron chi connectivity index (χ0n) is 15.5. The summed E-state index contributed by atoms with van der Waals surface area (Å²) >= 11 is 0. The fraction of sp³-hybridized carbons (Fsp3) is 0.450. The van der Waals surface area contributed by atoms with Crippen LogP contribution in [0.25, 0.3) is 0 Å². The average Bonchev–Trinajstić information content (AvgIpc) is 3.16. The molecule has 1 aromatic carbocycles. The van der Waals surface area contributed by atoms with Crippen LogP contribution in [0.15, 0.2) is 36.7 Å². The van der Waals surface area contributed by atoms with Crippen LogP contribution < -0.4 is 10.2 Å². The van der Waals surface area contributed by atoms with Gasteiger partial charge in [-0.3, -0.25) is 4.79 Å². The third-order valence-corrected chi connectivity index (χ3v) is 5.11. The highest BCUT2D eigenvalue weighted by atomic mass is 16.7. The second-order valence-electron chi connectivity index (χ2n) is 7.02. The van der Waals surface area contributed by atoms with Crippen LogP contribution in [-0.4, -0.2) is 48.0 Å². The maximum atomic E-state index is 12.3. The Bertz CT molecular complexity index is 776. The Labute approximate surface area is 158 Å². The number of nitrogens with zero attached hydrogens (tertiary/aromatic N) is 3. The number of carbonyl (C=O) groups is 1. The number of amides is 1. The summed E-state index contributed by atoms with van der Waals surface area (Å²) in [6.07, 6.45) is 4.82. The largest absolute Gasteiger partial charge is 0.355 e. The summed E-state index contributed by atoms with van der Waals surface area (Å²) in [6.45, 7) is 5.45. The van der Waals surface area contributed by atoms with E-state index in [1.165, 1.54) is 11.8 Å². The molecule has 1 aromatic heterocycles. The van der Waals surface area contributed by atoms with Crippen molar-refractivity contribution in [2.45, 2.75) is 32.1 Å². The van der Waals surface area contributed by atoms with Gasteiger partial charge in [0.05, 0.1) is 25.6 Å². The number of aryl methyl sites for hydroxylation is 1. The van der Waals surface area contributed by atoms with Gasteiger partial charge in [0, 0.05) is 32.5 Å². The first-order valence-electron chi connectivity index (χ1n) is 9.32. The third kappa shape index (κ3) is 4.09. The van der Waals surface area contributed by atoms with E-state index in [9.17, 15) is 4.79 Å². The number of anilines is 1. The fourth-order valence-corrected chi connectivity index (χ4v) is 3.44. The zero-order valence-corrected chi connectivity index (χ0v) is 15.5. The van der Waals surface area contributed by atoms with Gasteiger partial charge in [0.25, 0.3) is 5.91 Å². The van der Waals surface area contributed by atoms with E-state index in [1.807, 2.05) is 31.2 Å². The molecule has 2 fully saturated rings. The number of ether oxygens (including phenoxy) is 2. The Morgan fingerprint density at radius 3 is 2.44 bits per heavy atom. The highest BCUT2D eigenvalue weighted by Gasteiger charge is 2.40. The number of piperidine rings is 1. The number of nitrogens with one attached hydrogen (secondary N) is 1. The topological polar surface area (TPSA) is 76.6 Å². The number of hydrogen-bond donors (Lipinski definition) is 1. The molecule has 0 aliphatic carbocycles. The lowest BCUT2D eigenvalue weighted by molar-refractivity contribution is -0.169. The first kappa shape index (κ1) is 17.9. The van der Waals surface area contributed by atoms with Gasteiger partial charge >= 0.3 is 0 Å². The molecule has 0 atom stereocenters. The Morgan fingerprint density at radius 2 is 1.81 bits per heavy atom. The molecule has 0 radical (unpaired) electrons. The Hall–Kier alpha value is -2.51. The van der Waals surface area contributed by atoms with Gasteiger partial charge in [-0.25, -0.2) is 9.97 Å². The van der Waals surface area contributed by atoms with Crippen LogP contribution in [0.4, 0.5) is 5.82 Å². The SMILES string of the molecule is Cc1ccc(CNC(=O)c2cnc(N3CCC4(CC3)OCCO4)cn2)cc1. The van der Waals surface area contributed by atoms with Gasteiger partial charge in [-0.05, 0) is 12.5 Å². The van der Waals surface area contributed by atoms with E-state index < -0.39 is 5.79 Å². The quantitative estimate of drug-likeness (QED) is 0.890. The van der Waals surface area contributed by atoms with Crippen LogP contribution >= 0.6 is 0 Å². The first-order valence-corrected chi connectivity index (χ1v) is 9.32. The normalized spacial score (nSPS) is 18.6. The second kappa shape index (κ2) is 7.62. The predicted octanol–water partition coefficient (Wildman–Crippen LogP) is 2.06. The average molecular weight is 368 g/mol. The van der Waals surface area contributed by atoms with Crippen molar-refractivity contribution in [3.8, 4) is 0 Å². The molecule has 1 amide bonds. The summed E-state index contributed by atoms with van der Waals surface area (Å²) in [4.78, 5) is 23.1. The first-order chi connectivity index (χ1) is 13.1. The van der Waals surface area contributed by atoms with Crippen molar-refractivity contribution in [2.24, 2.45) is 0 Å². The third-order valence-electron chi connectivity index (χ3n) is 5.11. The molecule has 142 valence electrons. The molecule has 0 saturated carbocycles. The highest BCUT2D eigenvalue weighted by molar-refractivity contribution is 5.91. The van der Waals surface area contributed by atoms with Gasteiger partial charge in [0.1, 0.15) is 11.5 Å².